The fourth-order valence-corrected chi connectivity index (χ4v) is 3.94. The number of aliphatic carboxylic acids is 1. The van der Waals surface area contributed by atoms with Crippen LogP contribution in [0.15, 0.2) is 41.2 Å². The van der Waals surface area contributed by atoms with Crippen LogP contribution in [-0.2, 0) is 17.6 Å². The lowest BCUT2D eigenvalue weighted by Crippen LogP contribution is -2.20. The smallest absolute Gasteiger partial charge is 0.306 e. The summed E-state index contributed by atoms with van der Waals surface area (Å²) in [6.07, 6.45) is 1.33. The molecule has 7 N–H and O–H groups in total. The van der Waals surface area contributed by atoms with Crippen LogP contribution in [0.5, 0.6) is 5.75 Å². The first-order valence-electron chi connectivity index (χ1n) is 11.6. The van der Waals surface area contributed by atoms with Crippen molar-refractivity contribution in [1.82, 2.24) is 9.97 Å². The SMILES string of the molecule is CCOc1cc(-c2ccc(CC(C)C)c(CC(C)C(=O)O)c2)ccc1-c1nc(NN)c(N)c(=O)[nH]1. The molecule has 0 aliphatic rings. The Bertz CT molecular complexity index is 1270. The van der Waals surface area contributed by atoms with Gasteiger partial charge in [-0.25, -0.2) is 10.8 Å². The molecule has 1 heterocycles. The Labute approximate surface area is 204 Å². The Hall–Kier alpha value is -3.85. The summed E-state index contributed by atoms with van der Waals surface area (Å²) in [5, 5.41) is 9.44. The average molecular weight is 480 g/mol. The number of carboxylic acid groups (broad SMARTS) is 1. The summed E-state index contributed by atoms with van der Waals surface area (Å²) in [6, 6.07) is 11.8. The molecule has 3 rings (SSSR count). The lowest BCUT2D eigenvalue weighted by molar-refractivity contribution is -0.141. The van der Waals surface area contributed by atoms with Gasteiger partial charge in [-0.2, -0.15) is 0 Å². The molecule has 0 bridgehead atoms. The second-order valence-electron chi connectivity index (χ2n) is 8.99. The molecule has 1 aromatic heterocycles. The van der Waals surface area contributed by atoms with Crippen LogP contribution in [0, 0.1) is 11.8 Å². The topological polar surface area (TPSA) is 156 Å². The monoisotopic (exact) mass is 479 g/mol. The summed E-state index contributed by atoms with van der Waals surface area (Å²) in [6.45, 7) is 8.29. The molecule has 0 spiro atoms. The number of nitrogen functional groups attached to an aromatic ring is 2. The van der Waals surface area contributed by atoms with Crippen LogP contribution in [0.25, 0.3) is 22.5 Å². The number of hydrogen-bond acceptors (Lipinski definition) is 7. The molecule has 0 saturated carbocycles. The first-order valence-corrected chi connectivity index (χ1v) is 11.6. The van der Waals surface area contributed by atoms with Gasteiger partial charge in [0.1, 0.15) is 17.3 Å². The van der Waals surface area contributed by atoms with Crippen molar-refractivity contribution in [2.45, 2.75) is 40.5 Å². The van der Waals surface area contributed by atoms with E-state index in [9.17, 15) is 14.7 Å². The number of carbonyl (C=O) groups is 1. The molecule has 186 valence electrons. The van der Waals surface area contributed by atoms with Gasteiger partial charge in [-0.05, 0) is 60.1 Å². The van der Waals surface area contributed by atoms with Gasteiger partial charge in [0.05, 0.1) is 18.1 Å². The number of aromatic amines is 1. The van der Waals surface area contributed by atoms with Crippen LogP contribution in [-0.4, -0.2) is 27.7 Å². The van der Waals surface area contributed by atoms with Gasteiger partial charge in [-0.1, -0.05) is 45.0 Å². The summed E-state index contributed by atoms with van der Waals surface area (Å²) in [4.78, 5) is 30.7. The maximum Gasteiger partial charge on any atom is 0.306 e. The van der Waals surface area contributed by atoms with Gasteiger partial charge in [0.2, 0.25) is 0 Å². The largest absolute Gasteiger partial charge is 0.493 e. The minimum absolute atomic E-state index is 0.0770. The van der Waals surface area contributed by atoms with E-state index in [0.717, 1.165) is 28.7 Å². The third-order valence-electron chi connectivity index (χ3n) is 5.74. The predicted molar refractivity (Wildman–Crippen MR) is 138 cm³/mol. The fourth-order valence-electron chi connectivity index (χ4n) is 3.94. The number of H-pyrrole nitrogens is 1. The van der Waals surface area contributed by atoms with Gasteiger partial charge < -0.3 is 26.0 Å². The number of benzene rings is 2. The highest BCUT2D eigenvalue weighted by Crippen LogP contribution is 2.34. The Balaban J connectivity index is 2.09. The third-order valence-corrected chi connectivity index (χ3v) is 5.74. The number of aromatic nitrogens is 2. The molecule has 1 atom stereocenters. The first-order chi connectivity index (χ1) is 16.6. The normalized spacial score (nSPS) is 11.9. The van der Waals surface area contributed by atoms with E-state index in [0.29, 0.717) is 30.3 Å². The second kappa shape index (κ2) is 11.1. The minimum Gasteiger partial charge on any atom is -0.493 e. The van der Waals surface area contributed by atoms with Crippen LogP contribution in [0.1, 0.15) is 38.8 Å². The first kappa shape index (κ1) is 25.8. The number of rotatable bonds is 10. The number of ether oxygens (including phenoxy) is 1. The van der Waals surface area contributed by atoms with E-state index in [1.807, 2.05) is 31.2 Å². The standard InChI is InChI=1S/C26H33N5O4/c1-5-35-21-13-18(8-9-20(21)23-29-24(31-28)22(27)25(32)30-23)17-7-6-16(10-14(2)3)19(12-17)11-15(4)26(33)34/h6-9,12-15H,5,10-11,27-28H2,1-4H3,(H,33,34)(H2,29,30,31,32). The zero-order chi connectivity index (χ0) is 25.7. The quantitative estimate of drug-likeness (QED) is 0.217. The predicted octanol–water partition coefficient (Wildman–Crippen LogP) is 3.83. The van der Waals surface area contributed by atoms with Crippen molar-refractivity contribution in [2.75, 3.05) is 17.8 Å². The van der Waals surface area contributed by atoms with Gasteiger partial charge in [-0.3, -0.25) is 9.59 Å². The number of nitrogens with one attached hydrogen (secondary N) is 2. The van der Waals surface area contributed by atoms with Crippen LogP contribution in [0.3, 0.4) is 0 Å². The van der Waals surface area contributed by atoms with Crippen molar-refractivity contribution in [3.05, 3.63) is 57.9 Å². The Morgan fingerprint density at radius 2 is 1.80 bits per heavy atom. The van der Waals surface area contributed by atoms with Gasteiger partial charge in [-0.15, -0.1) is 0 Å². The highest BCUT2D eigenvalue weighted by Gasteiger charge is 2.18. The number of hydrogen-bond donors (Lipinski definition) is 5. The van der Waals surface area contributed by atoms with E-state index in [4.69, 9.17) is 16.3 Å². The summed E-state index contributed by atoms with van der Waals surface area (Å²) in [5.74, 6) is 5.49. The highest BCUT2D eigenvalue weighted by molar-refractivity contribution is 5.76. The van der Waals surface area contributed by atoms with Crippen LogP contribution in [0.4, 0.5) is 11.5 Å². The van der Waals surface area contributed by atoms with Crippen molar-refractivity contribution >= 4 is 17.5 Å². The molecule has 3 aromatic rings. The molecule has 0 fully saturated rings. The molecule has 35 heavy (non-hydrogen) atoms. The van der Waals surface area contributed by atoms with E-state index in [1.54, 1.807) is 6.92 Å². The molecule has 0 aliphatic carbocycles. The number of carboxylic acids is 1. The molecule has 1 unspecified atom stereocenters. The summed E-state index contributed by atoms with van der Waals surface area (Å²) >= 11 is 0. The van der Waals surface area contributed by atoms with Gasteiger partial charge in [0, 0.05) is 0 Å². The summed E-state index contributed by atoms with van der Waals surface area (Å²) in [5.41, 5.74) is 12.1. The lowest BCUT2D eigenvalue weighted by Gasteiger charge is -2.17. The van der Waals surface area contributed by atoms with Crippen molar-refractivity contribution < 1.29 is 14.6 Å². The zero-order valence-corrected chi connectivity index (χ0v) is 20.5. The van der Waals surface area contributed by atoms with Crippen LogP contribution < -0.4 is 27.3 Å². The third kappa shape index (κ3) is 5.99. The molecule has 9 heteroatoms. The maximum atomic E-state index is 12.2. The van der Waals surface area contributed by atoms with Crippen LogP contribution in [0.2, 0.25) is 0 Å². The van der Waals surface area contributed by atoms with E-state index in [-0.39, 0.29) is 17.3 Å². The number of anilines is 2. The highest BCUT2D eigenvalue weighted by atomic mass is 16.5. The molecule has 0 aliphatic heterocycles. The van der Waals surface area contributed by atoms with Gasteiger partial charge in [0.15, 0.2) is 5.82 Å². The maximum absolute atomic E-state index is 12.2. The van der Waals surface area contributed by atoms with E-state index in [1.165, 1.54) is 0 Å². The Morgan fingerprint density at radius 1 is 1.11 bits per heavy atom. The Kier molecular flexibility index (Phi) is 8.14. The summed E-state index contributed by atoms with van der Waals surface area (Å²) < 4.78 is 5.88. The minimum atomic E-state index is -0.815. The van der Waals surface area contributed by atoms with Crippen molar-refractivity contribution in [1.29, 1.82) is 0 Å². The van der Waals surface area contributed by atoms with E-state index in [2.05, 4.69) is 41.4 Å². The van der Waals surface area contributed by atoms with Crippen molar-refractivity contribution in [2.24, 2.45) is 17.7 Å². The molecule has 2 aromatic carbocycles. The average Bonchev–Trinajstić information content (AvgIpc) is 2.81. The van der Waals surface area contributed by atoms with Gasteiger partial charge in [0.25, 0.3) is 5.56 Å². The van der Waals surface area contributed by atoms with Crippen molar-refractivity contribution in [3.63, 3.8) is 0 Å². The Morgan fingerprint density at radius 3 is 2.43 bits per heavy atom. The molecular formula is C26H33N5O4. The van der Waals surface area contributed by atoms with Gasteiger partial charge >= 0.3 is 5.97 Å². The van der Waals surface area contributed by atoms with E-state index < -0.39 is 17.4 Å². The lowest BCUT2D eigenvalue weighted by atomic mass is 9.89. The van der Waals surface area contributed by atoms with Crippen LogP contribution >= 0.6 is 0 Å². The van der Waals surface area contributed by atoms with E-state index >= 15 is 0 Å². The second-order valence-corrected chi connectivity index (χ2v) is 8.99. The molecule has 0 saturated heterocycles. The number of hydrazine groups is 1. The molecule has 0 radical (unpaired) electrons. The number of nitrogens with zero attached hydrogens (tertiary/aromatic N) is 1. The number of nitrogens with two attached hydrogens (primary N) is 2. The molecule has 0 amide bonds. The molecular weight excluding hydrogens is 446 g/mol. The molecule has 9 nitrogen and oxygen atoms in total. The summed E-state index contributed by atoms with van der Waals surface area (Å²) in [7, 11) is 0. The zero-order valence-electron chi connectivity index (χ0n) is 20.5. The van der Waals surface area contributed by atoms with Crippen molar-refractivity contribution in [3.8, 4) is 28.3 Å². The fraction of sp³-hybridized carbons (Fsp3) is 0.346.